The Morgan fingerprint density at radius 3 is 1.15 bits per heavy atom. The van der Waals surface area contributed by atoms with Crippen LogP contribution in [0.2, 0.25) is 0 Å². The van der Waals surface area contributed by atoms with Crippen LogP contribution in [0.15, 0.2) is 237 Å². The van der Waals surface area contributed by atoms with Gasteiger partial charge in [-0.25, -0.2) is 0 Å². The first-order valence-electron chi connectivity index (χ1n) is 48.0. The lowest BCUT2D eigenvalue weighted by Gasteiger charge is -2.38. The van der Waals surface area contributed by atoms with Crippen molar-refractivity contribution in [3.8, 4) is 74.7 Å². The lowest BCUT2D eigenvalue weighted by atomic mass is 9.74. The number of thiophene rings is 6. The minimum Gasteiger partial charge on any atom is -0.510 e. The molecule has 22 rings (SSSR count). The van der Waals surface area contributed by atoms with Crippen molar-refractivity contribution < 1.29 is 111 Å². The molecule has 5 unspecified atom stereocenters. The van der Waals surface area contributed by atoms with Crippen LogP contribution in [0.3, 0.4) is 0 Å². The van der Waals surface area contributed by atoms with Crippen molar-refractivity contribution in [2.75, 3.05) is 27.8 Å². The number of phenolic OH excluding ortho intramolecular Hbond substituents is 12. The van der Waals surface area contributed by atoms with E-state index in [0.717, 1.165) is 165 Å². The van der Waals surface area contributed by atoms with Crippen LogP contribution in [-0.2, 0) is 43.9 Å². The quantitative estimate of drug-likeness (QED) is 0.0236. The van der Waals surface area contributed by atoms with E-state index in [9.17, 15) is 111 Å². The molecule has 5 aliphatic carbocycles. The summed E-state index contributed by atoms with van der Waals surface area (Å²) in [5.74, 6) is -7.37. The molecule has 0 fully saturated rings. The van der Waals surface area contributed by atoms with E-state index in [1.54, 1.807) is 84.0 Å². The molecule has 149 heavy (non-hydrogen) atoms. The Balaban J connectivity index is 0.000000123. The molecule has 766 valence electrons. The van der Waals surface area contributed by atoms with Crippen LogP contribution in [-0.4, -0.2) is 160 Å². The predicted molar refractivity (Wildman–Crippen MR) is 588 cm³/mol. The normalized spacial score (nSPS) is 16.4. The number of Topliss-reactive ketones (excluding diaryl/α,β-unsaturated/α-hetero) is 5. The van der Waals surface area contributed by atoms with E-state index >= 15 is 0 Å². The number of allylic oxidation sites excluding steroid dienone is 6. The molecule has 10 aromatic heterocycles. The highest BCUT2D eigenvalue weighted by Crippen LogP contribution is 2.57. The summed E-state index contributed by atoms with van der Waals surface area (Å²) in [6, 6.07) is 46.5. The SMILES string of the molecule is CC(C)CN(CC(C)C)c1cc(O)c(C2=C(O)C(N(c3cccs3)c3cccs3)C2=O)c(O)c1.CCCCCc1cc(O)c(C2=C(O)C(c3[nH]c(C)c(CC)c3C)C2=O)c(O)c1.Cc1cc(C2C(=O)C(c3c(O)cc(O)cc3O)=C2O)c(C)n1C.O=C1C(c2c(O)cc(-n3c4ccsc4c4sccc43)cc2O)=C(O)C1N(c1ccccc1)c1ccccc1.O=C1C(c2c(O)cc(O)cc2O)=C(O)C1n1c2ccsc2c2sccc21. The topological polar surface area (TPSA) is 470 Å². The molecule has 5 aliphatic rings. The number of hydrogen-bond donors (Lipinski definition) is 18. The second kappa shape index (κ2) is 41.3. The van der Waals surface area contributed by atoms with E-state index in [-0.39, 0.29) is 148 Å². The Bertz CT molecular complexity index is 8060. The fourth-order valence-electron chi connectivity index (χ4n) is 20.4. The number of fused-ring (bicyclic) bond motifs is 6. The van der Waals surface area contributed by atoms with Crippen LogP contribution < -0.4 is 14.7 Å². The zero-order chi connectivity index (χ0) is 106. The molecule has 10 heterocycles. The zero-order valence-electron chi connectivity index (χ0n) is 82.5. The number of nitrogens with one attached hydrogen (secondary N) is 1. The number of aromatic hydroxyl groups is 12. The number of ketones is 5. The highest BCUT2D eigenvalue weighted by Gasteiger charge is 2.52. The van der Waals surface area contributed by atoms with Gasteiger partial charge in [-0.05, 0) is 204 Å². The molecule has 29 nitrogen and oxygen atoms in total. The third-order valence-electron chi connectivity index (χ3n) is 27.4. The smallest absolute Gasteiger partial charge is 0.197 e. The summed E-state index contributed by atoms with van der Waals surface area (Å²) in [5.41, 5.74) is 12.8. The number of rotatable bonds is 25. The summed E-state index contributed by atoms with van der Waals surface area (Å²) >= 11 is 9.37. The van der Waals surface area contributed by atoms with Gasteiger partial charge in [-0.3, -0.25) is 24.0 Å². The summed E-state index contributed by atoms with van der Waals surface area (Å²) in [4.78, 5) is 74.1. The number of nitrogens with zero attached hydrogens (tertiary/aromatic N) is 6. The van der Waals surface area contributed by atoms with Gasteiger partial charge < -0.3 is 120 Å². The zero-order valence-corrected chi connectivity index (χ0v) is 87.4. The third kappa shape index (κ3) is 18.3. The summed E-state index contributed by atoms with van der Waals surface area (Å²) < 4.78 is 10.1. The predicted octanol–water partition coefficient (Wildman–Crippen LogP) is 25.3. The van der Waals surface area contributed by atoms with E-state index in [1.165, 1.54) is 34.8 Å². The summed E-state index contributed by atoms with van der Waals surface area (Å²) in [6.45, 7) is 21.8. The van der Waals surface area contributed by atoms with Crippen LogP contribution >= 0.6 is 68.0 Å². The van der Waals surface area contributed by atoms with Crippen LogP contribution in [0.25, 0.3) is 74.4 Å². The van der Waals surface area contributed by atoms with Gasteiger partial charge in [0.25, 0.3) is 0 Å². The van der Waals surface area contributed by atoms with Gasteiger partial charge in [0.2, 0.25) is 0 Å². The number of benzene rings is 7. The molecule has 7 aromatic carbocycles. The lowest BCUT2D eigenvalue weighted by Crippen LogP contribution is -2.47. The average Bonchev–Trinajstić information content (AvgIpc) is 1.65. The van der Waals surface area contributed by atoms with E-state index < -0.39 is 64.5 Å². The number of aliphatic hydroxyl groups is 5. The van der Waals surface area contributed by atoms with Crippen LogP contribution in [0.5, 0.6) is 69.0 Å². The number of aromatic amines is 1. The van der Waals surface area contributed by atoms with Crippen molar-refractivity contribution in [3.63, 3.8) is 0 Å². The number of H-pyrrole nitrogens is 1. The number of carbonyl (C=O) groups excluding carboxylic acids is 5. The first-order valence-corrected chi connectivity index (χ1v) is 53.3. The van der Waals surface area contributed by atoms with Gasteiger partial charge in [0, 0.05) is 109 Å². The van der Waals surface area contributed by atoms with Crippen molar-refractivity contribution in [2.45, 2.75) is 131 Å². The molecule has 0 radical (unpaired) electrons. The molecule has 5 atom stereocenters. The fourth-order valence-corrected chi connectivity index (χ4v) is 25.9. The van der Waals surface area contributed by atoms with E-state index in [0.29, 0.717) is 34.5 Å². The van der Waals surface area contributed by atoms with Crippen molar-refractivity contribution >= 4 is 193 Å². The van der Waals surface area contributed by atoms with Crippen LogP contribution in [0, 0.1) is 39.5 Å². The first-order chi connectivity index (χ1) is 71.3. The van der Waals surface area contributed by atoms with Gasteiger partial charge in [-0.2, -0.15) is 0 Å². The molecule has 0 bridgehead atoms. The van der Waals surface area contributed by atoms with E-state index in [4.69, 9.17) is 0 Å². The third-order valence-corrected chi connectivity index (χ3v) is 33.1. The van der Waals surface area contributed by atoms with Crippen molar-refractivity contribution in [2.24, 2.45) is 18.9 Å². The molecule has 0 saturated carbocycles. The Hall–Kier alpha value is -16.1. The standard InChI is InChI=1S/C30H20N2O4S2.C26H30N2O4S2.C23H29NO4.C18H11NO5S2.C17H17NO5/c33-22-15-19(32-20-11-13-37-29(20)30-21(32)12-14-38-30)16-23(34)24(22)25-27(35)26(28(25)36)31(17-7-3-1-4-8-17)18-9-5-2-6-10-18;1-15(2)13-27(14-16(3)4)17-11-18(29)22(19(30)12-17)23-25(31)24(26(23)32)28(20-7-5-9-33-20)21-8-6-10-34-21;1-5-7-8-9-14-10-16(25)18(17(26)11-14)19-22(27)20(23(19)28)21-12(3)15(6-2)13(4)24-21;20-7-5-10(21)12(11(22)6-7)13-15(23)14(16(13)24)19-8-1-3-25-17(8)18-9(19)2-4-26-18;1-7-4-10(8(2)18(7)3)13-16(22)15(17(13)23)14-11(20)5-9(19)6-12(14)21/h1-16,26,33-35H;5-12,15-16,24,29-31H,13-14H2,1-4H3;10-11,20,24-27H,5-9H2,1-4H3;1-6,14,20-23H;4-6,13,19-22H,1-3H3. The van der Waals surface area contributed by atoms with Gasteiger partial charge >= 0.3 is 0 Å². The molecule has 0 spiro atoms. The van der Waals surface area contributed by atoms with E-state index in [2.05, 4.69) is 51.4 Å². The van der Waals surface area contributed by atoms with Gasteiger partial charge in [-0.15, -0.1) is 68.0 Å². The lowest BCUT2D eigenvalue weighted by molar-refractivity contribution is -0.119. The number of carbonyl (C=O) groups is 5. The number of aromatic nitrogens is 4. The minimum atomic E-state index is -0.978. The Labute approximate surface area is 878 Å². The Kier molecular flexibility index (Phi) is 28.6. The minimum absolute atomic E-state index is 0.00445. The molecular weight excluding hydrogens is 2010 g/mol. The van der Waals surface area contributed by atoms with Gasteiger partial charge in [-0.1, -0.05) is 90.8 Å². The number of aliphatic hydroxyl groups excluding tert-OH is 5. The molecular formula is C114H107N7O22S6. The number of phenols is 12. The van der Waals surface area contributed by atoms with Crippen molar-refractivity contribution in [1.82, 2.24) is 18.7 Å². The van der Waals surface area contributed by atoms with Crippen LogP contribution in [0.1, 0.15) is 152 Å². The molecule has 0 amide bonds. The first kappa shape index (κ1) is 103. The molecule has 18 N–H and O–H groups in total. The van der Waals surface area contributed by atoms with E-state index in [1.807, 2.05) is 191 Å². The molecule has 35 heteroatoms. The largest absolute Gasteiger partial charge is 0.510 e. The second-order valence-electron chi connectivity index (χ2n) is 37.9. The van der Waals surface area contributed by atoms with Gasteiger partial charge in [0.05, 0.1) is 112 Å². The van der Waals surface area contributed by atoms with Gasteiger partial charge in [0.1, 0.15) is 110 Å². The average molecular weight is 2120 g/mol. The number of anilines is 5. The van der Waals surface area contributed by atoms with Crippen LogP contribution in [0.4, 0.5) is 27.1 Å². The maximum absolute atomic E-state index is 13.6. The highest BCUT2D eigenvalue weighted by atomic mass is 32.1. The Morgan fingerprint density at radius 1 is 0.383 bits per heavy atom. The number of hydrogen-bond acceptors (Lipinski definition) is 31. The number of aryl methyl sites for hydroxylation is 3. The number of unbranched alkanes of at least 4 members (excludes halogenated alkanes) is 2. The molecule has 0 aliphatic heterocycles. The van der Waals surface area contributed by atoms with Gasteiger partial charge in [0.15, 0.2) is 47.0 Å². The second-order valence-corrected chi connectivity index (χ2v) is 43.4. The summed E-state index contributed by atoms with van der Waals surface area (Å²) in [7, 11) is 1.87. The van der Waals surface area contributed by atoms with Crippen molar-refractivity contribution in [1.29, 1.82) is 0 Å². The maximum Gasteiger partial charge on any atom is 0.197 e. The summed E-state index contributed by atoms with van der Waals surface area (Å²) in [6.07, 6.45) is 4.72. The highest BCUT2D eigenvalue weighted by molar-refractivity contribution is 7.26. The fraction of sp³-hybridized carbons (Fsp3) is 0.219. The molecule has 17 aromatic rings. The van der Waals surface area contributed by atoms with Crippen molar-refractivity contribution in [3.05, 3.63) is 310 Å². The monoisotopic (exact) mass is 2120 g/mol. The number of para-hydroxylation sites is 2. The maximum atomic E-state index is 13.6. The Morgan fingerprint density at radius 2 is 0.772 bits per heavy atom. The molecule has 0 saturated heterocycles. The summed E-state index contributed by atoms with van der Waals surface area (Å²) in [5, 5.41) is 191.